The van der Waals surface area contributed by atoms with E-state index in [1.54, 1.807) is 12.1 Å². The molecule has 1 fully saturated rings. The second-order valence-electron chi connectivity index (χ2n) is 5.62. The van der Waals surface area contributed by atoms with Crippen molar-refractivity contribution in [3.8, 4) is 0 Å². The van der Waals surface area contributed by atoms with Gasteiger partial charge in [0.1, 0.15) is 5.82 Å². The highest BCUT2D eigenvalue weighted by Gasteiger charge is 2.23. The molecule has 1 aliphatic rings. The van der Waals surface area contributed by atoms with Gasteiger partial charge in [-0.05, 0) is 56.0 Å². The molecule has 3 nitrogen and oxygen atoms in total. The first-order valence-electron chi connectivity index (χ1n) is 7.27. The molecule has 0 aliphatic carbocycles. The zero-order valence-corrected chi connectivity index (χ0v) is 11.9. The topological polar surface area (TPSA) is 40.5 Å². The Hall–Kier alpha value is -1.42. The number of hydrogen-bond donors (Lipinski definition) is 1. The van der Waals surface area contributed by atoms with E-state index in [1.807, 2.05) is 6.92 Å². The minimum atomic E-state index is -0.738. The van der Waals surface area contributed by atoms with Crippen LogP contribution >= 0.6 is 0 Å². The summed E-state index contributed by atoms with van der Waals surface area (Å²) in [7, 11) is 0. The highest BCUT2D eigenvalue weighted by atomic mass is 19.1. The highest BCUT2D eigenvalue weighted by Crippen LogP contribution is 2.24. The molecule has 1 aromatic carbocycles. The van der Waals surface area contributed by atoms with Gasteiger partial charge in [-0.15, -0.1) is 0 Å². The molecule has 0 aromatic heterocycles. The summed E-state index contributed by atoms with van der Waals surface area (Å²) in [5, 5.41) is 8.83. The highest BCUT2D eigenvalue weighted by molar-refractivity contribution is 5.66. The third-order valence-corrected chi connectivity index (χ3v) is 4.13. The van der Waals surface area contributed by atoms with Crippen LogP contribution in [-0.4, -0.2) is 28.6 Å². The number of likely N-dealkylation sites (tertiary alicyclic amines) is 1. The van der Waals surface area contributed by atoms with E-state index >= 15 is 0 Å². The van der Waals surface area contributed by atoms with Gasteiger partial charge < -0.3 is 5.11 Å². The van der Waals surface area contributed by atoms with E-state index in [9.17, 15) is 9.18 Å². The summed E-state index contributed by atoms with van der Waals surface area (Å²) >= 11 is 0. The summed E-state index contributed by atoms with van der Waals surface area (Å²) in [6.07, 6.45) is 4.23. The van der Waals surface area contributed by atoms with Crippen molar-refractivity contribution >= 4 is 5.97 Å². The monoisotopic (exact) mass is 279 g/mol. The lowest BCUT2D eigenvalue weighted by molar-refractivity contribution is -0.137. The standard InChI is InChI=1S/C16H22FNO2/c1-12-5-6-14(17)10-13(12)11-18-9-3-2-4-15(18)7-8-16(19)20/h5-6,10,15H,2-4,7-9,11H2,1H3,(H,19,20). The molecule has 1 heterocycles. The molecule has 0 amide bonds. The summed E-state index contributed by atoms with van der Waals surface area (Å²) < 4.78 is 13.4. The van der Waals surface area contributed by atoms with Gasteiger partial charge in [0.25, 0.3) is 0 Å². The molecular formula is C16H22FNO2. The number of carboxylic acids is 1. The molecule has 1 aromatic rings. The predicted molar refractivity (Wildman–Crippen MR) is 76.1 cm³/mol. The Kier molecular flexibility index (Phi) is 5.12. The molecule has 110 valence electrons. The molecule has 4 heteroatoms. The maximum atomic E-state index is 13.4. The number of benzene rings is 1. The fourth-order valence-electron chi connectivity index (χ4n) is 2.91. The summed E-state index contributed by atoms with van der Waals surface area (Å²) in [6.45, 7) is 3.68. The number of carboxylic acid groups (broad SMARTS) is 1. The molecule has 2 rings (SSSR count). The summed E-state index contributed by atoms with van der Waals surface area (Å²) in [6, 6.07) is 5.19. The van der Waals surface area contributed by atoms with Crippen LogP contribution in [0.3, 0.4) is 0 Å². The van der Waals surface area contributed by atoms with Crippen LogP contribution in [-0.2, 0) is 11.3 Å². The first kappa shape index (κ1) is 15.0. The van der Waals surface area contributed by atoms with Crippen LogP contribution in [0.4, 0.5) is 4.39 Å². The van der Waals surface area contributed by atoms with E-state index in [4.69, 9.17) is 5.11 Å². The van der Waals surface area contributed by atoms with Crippen molar-refractivity contribution in [2.75, 3.05) is 6.54 Å². The lowest BCUT2D eigenvalue weighted by Gasteiger charge is -2.36. The number of halogens is 1. The first-order chi connectivity index (χ1) is 9.56. The number of nitrogens with zero attached hydrogens (tertiary/aromatic N) is 1. The molecule has 1 saturated heterocycles. The molecule has 1 aliphatic heterocycles. The second-order valence-corrected chi connectivity index (χ2v) is 5.62. The number of carbonyl (C=O) groups is 1. The molecule has 1 atom stereocenters. The second kappa shape index (κ2) is 6.84. The number of rotatable bonds is 5. The lowest BCUT2D eigenvalue weighted by atomic mass is 9.96. The average molecular weight is 279 g/mol. The maximum Gasteiger partial charge on any atom is 0.303 e. The molecule has 20 heavy (non-hydrogen) atoms. The van der Waals surface area contributed by atoms with Crippen molar-refractivity contribution < 1.29 is 14.3 Å². The van der Waals surface area contributed by atoms with Gasteiger partial charge in [-0.1, -0.05) is 12.5 Å². The van der Waals surface area contributed by atoms with Crippen molar-refractivity contribution in [3.63, 3.8) is 0 Å². The smallest absolute Gasteiger partial charge is 0.303 e. The predicted octanol–water partition coefficient (Wildman–Crippen LogP) is 3.35. The van der Waals surface area contributed by atoms with Crippen LogP contribution < -0.4 is 0 Å². The zero-order chi connectivity index (χ0) is 14.5. The lowest BCUT2D eigenvalue weighted by Crippen LogP contribution is -2.39. The number of aryl methyl sites for hydroxylation is 1. The molecule has 0 saturated carbocycles. The minimum absolute atomic E-state index is 0.204. The van der Waals surface area contributed by atoms with Crippen LogP contribution in [0, 0.1) is 12.7 Å². The van der Waals surface area contributed by atoms with E-state index in [1.165, 1.54) is 6.07 Å². The number of hydrogen-bond acceptors (Lipinski definition) is 2. The Labute approximate surface area is 119 Å². The van der Waals surface area contributed by atoms with Crippen LogP contribution in [0.5, 0.6) is 0 Å². The summed E-state index contributed by atoms with van der Waals surface area (Å²) in [5.74, 6) is -0.942. The van der Waals surface area contributed by atoms with Crippen LogP contribution in [0.25, 0.3) is 0 Å². The SMILES string of the molecule is Cc1ccc(F)cc1CN1CCCCC1CCC(=O)O. The van der Waals surface area contributed by atoms with Gasteiger partial charge >= 0.3 is 5.97 Å². The number of aliphatic carboxylic acids is 1. The van der Waals surface area contributed by atoms with Crippen molar-refractivity contribution in [1.82, 2.24) is 4.90 Å². The largest absolute Gasteiger partial charge is 0.481 e. The van der Waals surface area contributed by atoms with Crippen molar-refractivity contribution in [1.29, 1.82) is 0 Å². The Morgan fingerprint density at radius 3 is 3.00 bits per heavy atom. The van der Waals surface area contributed by atoms with E-state index in [0.29, 0.717) is 19.0 Å². The fourth-order valence-corrected chi connectivity index (χ4v) is 2.91. The normalized spacial score (nSPS) is 20.0. The third-order valence-electron chi connectivity index (χ3n) is 4.13. The Morgan fingerprint density at radius 1 is 1.45 bits per heavy atom. The third kappa shape index (κ3) is 4.04. The van der Waals surface area contributed by atoms with Gasteiger partial charge in [-0.2, -0.15) is 0 Å². The van der Waals surface area contributed by atoms with E-state index in [2.05, 4.69) is 4.90 Å². The van der Waals surface area contributed by atoms with Crippen LogP contribution in [0.15, 0.2) is 18.2 Å². The number of piperidine rings is 1. The summed E-state index contributed by atoms with van der Waals surface area (Å²) in [4.78, 5) is 13.1. The first-order valence-corrected chi connectivity index (χ1v) is 7.27. The van der Waals surface area contributed by atoms with Gasteiger partial charge in [0.05, 0.1) is 0 Å². The maximum absolute atomic E-state index is 13.4. The van der Waals surface area contributed by atoms with Gasteiger partial charge in [0.15, 0.2) is 0 Å². The molecule has 0 spiro atoms. The molecule has 0 radical (unpaired) electrons. The van der Waals surface area contributed by atoms with E-state index in [0.717, 1.165) is 36.9 Å². The van der Waals surface area contributed by atoms with E-state index in [-0.39, 0.29) is 12.2 Å². The van der Waals surface area contributed by atoms with Gasteiger partial charge in [-0.25, -0.2) is 4.39 Å². The van der Waals surface area contributed by atoms with Gasteiger partial charge in [0.2, 0.25) is 0 Å². The summed E-state index contributed by atoms with van der Waals surface area (Å²) in [5.41, 5.74) is 2.10. The molecular weight excluding hydrogens is 257 g/mol. The zero-order valence-electron chi connectivity index (χ0n) is 11.9. The van der Waals surface area contributed by atoms with Crippen molar-refractivity contribution in [3.05, 3.63) is 35.1 Å². The minimum Gasteiger partial charge on any atom is -0.481 e. The van der Waals surface area contributed by atoms with Crippen LogP contribution in [0.1, 0.15) is 43.2 Å². The quantitative estimate of drug-likeness (QED) is 0.898. The molecule has 1 N–H and O–H groups in total. The van der Waals surface area contributed by atoms with Crippen molar-refractivity contribution in [2.45, 2.75) is 51.6 Å². The Morgan fingerprint density at radius 2 is 2.25 bits per heavy atom. The molecule has 1 unspecified atom stereocenters. The van der Waals surface area contributed by atoms with Crippen molar-refractivity contribution in [2.24, 2.45) is 0 Å². The molecule has 0 bridgehead atoms. The van der Waals surface area contributed by atoms with Crippen LogP contribution in [0.2, 0.25) is 0 Å². The Bertz CT molecular complexity index is 476. The fraction of sp³-hybridized carbons (Fsp3) is 0.562. The van der Waals surface area contributed by atoms with Gasteiger partial charge in [-0.3, -0.25) is 9.69 Å². The van der Waals surface area contributed by atoms with E-state index < -0.39 is 5.97 Å². The Balaban J connectivity index is 2.04. The average Bonchev–Trinajstić information content (AvgIpc) is 2.42. The van der Waals surface area contributed by atoms with Gasteiger partial charge in [0, 0.05) is 19.0 Å².